The van der Waals surface area contributed by atoms with Crippen LogP contribution in [0.25, 0.3) is 0 Å². The molecule has 152 valence electrons. The van der Waals surface area contributed by atoms with Crippen LogP contribution in [0.3, 0.4) is 0 Å². The predicted octanol–water partition coefficient (Wildman–Crippen LogP) is 2.67. The van der Waals surface area contributed by atoms with E-state index in [9.17, 15) is 18.0 Å². The molecular formula is C19H25N3O4S2. The van der Waals surface area contributed by atoms with Gasteiger partial charge in [-0.3, -0.25) is 9.59 Å². The van der Waals surface area contributed by atoms with Gasteiger partial charge in [-0.2, -0.15) is 4.31 Å². The third-order valence-corrected chi connectivity index (χ3v) is 7.85. The fourth-order valence-electron chi connectivity index (χ4n) is 3.20. The molecule has 1 saturated heterocycles. The summed E-state index contributed by atoms with van der Waals surface area (Å²) in [5.41, 5.74) is 1.37. The van der Waals surface area contributed by atoms with Crippen molar-refractivity contribution in [1.82, 2.24) is 8.87 Å². The van der Waals surface area contributed by atoms with E-state index in [0.29, 0.717) is 31.2 Å². The molecule has 0 aliphatic carbocycles. The average molecular weight is 424 g/mol. The number of amides is 1. The Kier molecular flexibility index (Phi) is 6.36. The van der Waals surface area contributed by atoms with Crippen LogP contribution in [0.5, 0.6) is 0 Å². The van der Waals surface area contributed by atoms with Gasteiger partial charge in [0.25, 0.3) is 0 Å². The number of sulfonamides is 1. The molecule has 0 radical (unpaired) electrons. The molecule has 1 aromatic heterocycles. The number of hydrogen-bond acceptors (Lipinski definition) is 5. The van der Waals surface area contributed by atoms with Gasteiger partial charge in [0.2, 0.25) is 15.9 Å². The molecule has 3 rings (SSSR count). The molecule has 9 heteroatoms. The zero-order chi connectivity index (χ0) is 20.3. The summed E-state index contributed by atoms with van der Waals surface area (Å²) in [6.07, 6.45) is 1.92. The standard InChI is InChI=1S/C19H25N3O4S2/c1-14-7-10-21(11-8-14)28(25,26)17-5-3-16(4-6-17)20-18(23)9-12-22-15(2)13-27-19(22)24/h3-6,13-14H,7-12H2,1-2H3,(H,20,23). The molecule has 7 nitrogen and oxygen atoms in total. The lowest BCUT2D eigenvalue weighted by molar-refractivity contribution is -0.116. The number of piperidine rings is 1. The van der Waals surface area contributed by atoms with Crippen molar-refractivity contribution in [1.29, 1.82) is 0 Å². The Morgan fingerprint density at radius 1 is 1.21 bits per heavy atom. The van der Waals surface area contributed by atoms with Crippen molar-refractivity contribution in [2.45, 2.75) is 44.6 Å². The first-order valence-corrected chi connectivity index (χ1v) is 11.6. The Morgan fingerprint density at radius 2 is 1.86 bits per heavy atom. The number of aryl methyl sites for hydroxylation is 1. The molecule has 1 aliphatic heterocycles. The van der Waals surface area contributed by atoms with E-state index in [1.165, 1.54) is 16.4 Å². The molecule has 1 aromatic carbocycles. The molecule has 1 aliphatic rings. The zero-order valence-corrected chi connectivity index (χ0v) is 17.7. The maximum Gasteiger partial charge on any atom is 0.307 e. The van der Waals surface area contributed by atoms with Gasteiger partial charge >= 0.3 is 4.87 Å². The van der Waals surface area contributed by atoms with Crippen molar-refractivity contribution >= 4 is 33.0 Å². The highest BCUT2D eigenvalue weighted by atomic mass is 32.2. The van der Waals surface area contributed by atoms with Gasteiger partial charge in [-0.25, -0.2) is 8.42 Å². The lowest BCUT2D eigenvalue weighted by atomic mass is 10.0. The highest BCUT2D eigenvalue weighted by Crippen LogP contribution is 2.24. The maximum atomic E-state index is 12.7. The van der Waals surface area contributed by atoms with Crippen molar-refractivity contribution in [3.8, 4) is 0 Å². The Bertz CT molecular complexity index is 985. The van der Waals surface area contributed by atoms with E-state index in [-0.39, 0.29) is 22.1 Å². The number of benzene rings is 1. The van der Waals surface area contributed by atoms with Crippen LogP contribution in [-0.4, -0.2) is 36.3 Å². The summed E-state index contributed by atoms with van der Waals surface area (Å²) in [5.74, 6) is 0.330. The van der Waals surface area contributed by atoms with Gasteiger partial charge in [0.05, 0.1) is 4.90 Å². The second-order valence-electron chi connectivity index (χ2n) is 7.20. The molecular weight excluding hydrogens is 398 g/mol. The van der Waals surface area contributed by atoms with Crippen molar-refractivity contribution < 1.29 is 13.2 Å². The summed E-state index contributed by atoms with van der Waals surface area (Å²) in [7, 11) is -3.50. The van der Waals surface area contributed by atoms with Gasteiger partial charge in [-0.15, -0.1) is 0 Å². The fraction of sp³-hybridized carbons (Fsp3) is 0.474. The quantitative estimate of drug-likeness (QED) is 0.774. The first-order valence-electron chi connectivity index (χ1n) is 9.32. The third kappa shape index (κ3) is 4.71. The number of carbonyl (C=O) groups excluding carboxylic acids is 1. The molecule has 1 N–H and O–H groups in total. The van der Waals surface area contributed by atoms with E-state index in [2.05, 4.69) is 12.2 Å². The van der Waals surface area contributed by atoms with Crippen LogP contribution >= 0.6 is 11.3 Å². The van der Waals surface area contributed by atoms with Crippen LogP contribution < -0.4 is 10.2 Å². The lowest BCUT2D eigenvalue weighted by Gasteiger charge is -2.29. The van der Waals surface area contributed by atoms with Gasteiger partial charge in [0, 0.05) is 42.8 Å². The minimum atomic E-state index is -3.50. The summed E-state index contributed by atoms with van der Waals surface area (Å²) in [5, 5.41) is 4.51. The summed E-state index contributed by atoms with van der Waals surface area (Å²) in [4.78, 5) is 24.0. The Hall–Kier alpha value is -1.97. The monoisotopic (exact) mass is 423 g/mol. The molecule has 2 heterocycles. The second-order valence-corrected chi connectivity index (χ2v) is 9.96. The minimum absolute atomic E-state index is 0.0769. The molecule has 2 aromatic rings. The van der Waals surface area contributed by atoms with Crippen LogP contribution in [0.1, 0.15) is 31.9 Å². The summed E-state index contributed by atoms with van der Waals surface area (Å²) in [6.45, 7) is 5.38. The van der Waals surface area contributed by atoms with Crippen LogP contribution in [-0.2, 0) is 21.4 Å². The first-order chi connectivity index (χ1) is 13.3. The van der Waals surface area contributed by atoms with E-state index in [1.807, 2.05) is 6.92 Å². The molecule has 0 saturated carbocycles. The van der Waals surface area contributed by atoms with Gasteiger partial charge in [0.1, 0.15) is 0 Å². The number of nitrogens with zero attached hydrogens (tertiary/aromatic N) is 2. The van der Waals surface area contributed by atoms with Crippen molar-refractivity contribution in [2.75, 3.05) is 18.4 Å². The minimum Gasteiger partial charge on any atom is -0.326 e. The van der Waals surface area contributed by atoms with Gasteiger partial charge < -0.3 is 9.88 Å². The summed E-state index contributed by atoms with van der Waals surface area (Å²) >= 11 is 1.12. The molecule has 0 atom stereocenters. The average Bonchev–Trinajstić information content (AvgIpc) is 2.98. The van der Waals surface area contributed by atoms with Gasteiger partial charge in [0.15, 0.2) is 0 Å². The molecule has 0 unspecified atom stereocenters. The number of aromatic nitrogens is 1. The molecule has 28 heavy (non-hydrogen) atoms. The van der Waals surface area contributed by atoms with E-state index >= 15 is 0 Å². The van der Waals surface area contributed by atoms with Crippen LogP contribution in [0, 0.1) is 12.8 Å². The molecule has 1 fully saturated rings. The van der Waals surface area contributed by atoms with E-state index in [4.69, 9.17) is 0 Å². The predicted molar refractivity (Wildman–Crippen MR) is 110 cm³/mol. The van der Waals surface area contributed by atoms with E-state index < -0.39 is 10.0 Å². The Balaban J connectivity index is 1.59. The van der Waals surface area contributed by atoms with Crippen molar-refractivity contribution in [2.24, 2.45) is 5.92 Å². The van der Waals surface area contributed by atoms with Crippen molar-refractivity contribution in [3.63, 3.8) is 0 Å². The van der Waals surface area contributed by atoms with Gasteiger partial charge in [-0.1, -0.05) is 18.3 Å². The Labute approximate surface area is 169 Å². The smallest absolute Gasteiger partial charge is 0.307 e. The second kappa shape index (κ2) is 8.59. The molecule has 1 amide bonds. The Morgan fingerprint density at radius 3 is 2.43 bits per heavy atom. The number of anilines is 1. The molecule has 0 bridgehead atoms. The zero-order valence-electron chi connectivity index (χ0n) is 16.1. The number of thiazole rings is 1. The van der Waals surface area contributed by atoms with E-state index in [1.54, 1.807) is 22.1 Å². The first kappa shape index (κ1) is 20.8. The van der Waals surface area contributed by atoms with Crippen molar-refractivity contribution in [3.05, 3.63) is 45.0 Å². The third-order valence-electron chi connectivity index (χ3n) is 5.06. The van der Waals surface area contributed by atoms with Crippen LogP contribution in [0.2, 0.25) is 0 Å². The van der Waals surface area contributed by atoms with Gasteiger partial charge in [-0.05, 0) is 49.9 Å². The number of rotatable bonds is 6. The maximum absolute atomic E-state index is 12.7. The topological polar surface area (TPSA) is 88.5 Å². The normalized spacial score (nSPS) is 16.2. The summed E-state index contributed by atoms with van der Waals surface area (Å²) in [6, 6.07) is 6.24. The van der Waals surface area contributed by atoms with Crippen LogP contribution in [0.4, 0.5) is 5.69 Å². The van der Waals surface area contributed by atoms with E-state index in [0.717, 1.165) is 29.9 Å². The highest BCUT2D eigenvalue weighted by Gasteiger charge is 2.27. The van der Waals surface area contributed by atoms with Crippen LogP contribution in [0.15, 0.2) is 39.3 Å². The number of carbonyl (C=O) groups is 1. The fourth-order valence-corrected chi connectivity index (χ4v) is 5.43. The number of hydrogen-bond donors (Lipinski definition) is 1. The highest BCUT2D eigenvalue weighted by molar-refractivity contribution is 7.89. The largest absolute Gasteiger partial charge is 0.326 e. The summed E-state index contributed by atoms with van der Waals surface area (Å²) < 4.78 is 28.6. The SMILES string of the molecule is Cc1csc(=O)n1CCC(=O)Nc1ccc(S(=O)(=O)N2CCC(C)CC2)cc1. The molecule has 0 spiro atoms. The lowest BCUT2D eigenvalue weighted by Crippen LogP contribution is -2.37. The number of nitrogens with one attached hydrogen (secondary N) is 1.